The minimum atomic E-state index is -0.930. The van der Waals surface area contributed by atoms with Gasteiger partial charge in [0.2, 0.25) is 0 Å². The number of rotatable bonds is 5. The molecule has 1 N–H and O–H groups in total. The molecule has 3 rings (SSSR count). The van der Waals surface area contributed by atoms with E-state index in [0.717, 1.165) is 29.2 Å². The quantitative estimate of drug-likeness (QED) is 0.614. The summed E-state index contributed by atoms with van der Waals surface area (Å²) in [5.41, 5.74) is 0.408. The highest BCUT2D eigenvalue weighted by atomic mass is 19.1. The molecule has 1 atom stereocenters. The standard InChI is InChI=1S/C22H21F2NO4/c1-4-12(2)8-20(27)29-21-13(3)25(18-11-17(24)19(26)10-16(18)21)22(28)14-6-5-7-15(23)9-14/h5-7,9-12,26H,4,8H2,1-3H3. The Morgan fingerprint density at radius 3 is 2.59 bits per heavy atom. The number of carbonyl (C=O) groups excluding carboxylic acids is 2. The number of hydrogen-bond acceptors (Lipinski definition) is 4. The highest BCUT2D eigenvalue weighted by Gasteiger charge is 2.25. The van der Waals surface area contributed by atoms with Crippen molar-refractivity contribution in [3.63, 3.8) is 0 Å². The van der Waals surface area contributed by atoms with Crippen LogP contribution in [0.4, 0.5) is 8.78 Å². The van der Waals surface area contributed by atoms with Gasteiger partial charge in [-0.2, -0.15) is 0 Å². The van der Waals surface area contributed by atoms with E-state index in [2.05, 4.69) is 0 Å². The SMILES string of the molecule is CCC(C)CC(=O)Oc1c(C)n(C(=O)c2cccc(F)c2)c2cc(F)c(O)cc12. The van der Waals surface area contributed by atoms with E-state index in [-0.39, 0.29) is 40.2 Å². The van der Waals surface area contributed by atoms with Crippen LogP contribution in [0.25, 0.3) is 10.9 Å². The Bertz CT molecular complexity index is 1100. The average molecular weight is 401 g/mol. The number of nitrogens with zero attached hydrogens (tertiary/aromatic N) is 1. The molecule has 0 saturated carbocycles. The lowest BCUT2D eigenvalue weighted by Crippen LogP contribution is -2.15. The van der Waals surface area contributed by atoms with Gasteiger partial charge >= 0.3 is 5.97 Å². The number of ether oxygens (including phenoxy) is 1. The zero-order valence-electron chi connectivity index (χ0n) is 16.3. The maximum atomic E-state index is 14.0. The van der Waals surface area contributed by atoms with Gasteiger partial charge in [-0.15, -0.1) is 0 Å². The van der Waals surface area contributed by atoms with Gasteiger partial charge in [0.15, 0.2) is 17.3 Å². The van der Waals surface area contributed by atoms with E-state index >= 15 is 0 Å². The molecule has 0 saturated heterocycles. The summed E-state index contributed by atoms with van der Waals surface area (Å²) in [7, 11) is 0. The summed E-state index contributed by atoms with van der Waals surface area (Å²) in [6, 6.07) is 7.20. The Labute approximate surface area is 166 Å². The van der Waals surface area contributed by atoms with Gasteiger partial charge in [0.1, 0.15) is 5.82 Å². The van der Waals surface area contributed by atoms with Gasteiger partial charge in [-0.05, 0) is 37.1 Å². The fourth-order valence-electron chi connectivity index (χ4n) is 3.12. The molecule has 0 fully saturated rings. The molecule has 29 heavy (non-hydrogen) atoms. The second-order valence-corrected chi connectivity index (χ2v) is 7.08. The topological polar surface area (TPSA) is 68.5 Å². The molecule has 152 valence electrons. The third kappa shape index (κ3) is 3.99. The highest BCUT2D eigenvalue weighted by Crippen LogP contribution is 2.37. The third-order valence-corrected chi connectivity index (χ3v) is 4.92. The van der Waals surface area contributed by atoms with Gasteiger partial charge in [0.05, 0.1) is 11.2 Å². The van der Waals surface area contributed by atoms with E-state index in [1.54, 1.807) is 0 Å². The van der Waals surface area contributed by atoms with Crippen molar-refractivity contribution in [2.45, 2.75) is 33.6 Å². The zero-order chi connectivity index (χ0) is 21.3. The molecule has 3 aromatic rings. The van der Waals surface area contributed by atoms with Crippen LogP contribution in [0.2, 0.25) is 0 Å². The predicted molar refractivity (Wildman–Crippen MR) is 104 cm³/mol. The van der Waals surface area contributed by atoms with Crippen molar-refractivity contribution >= 4 is 22.8 Å². The number of aromatic hydroxyl groups is 1. The number of esters is 1. The fraction of sp³-hybridized carbons (Fsp3) is 0.273. The van der Waals surface area contributed by atoms with Crippen molar-refractivity contribution in [2.24, 2.45) is 5.92 Å². The van der Waals surface area contributed by atoms with Gasteiger partial charge in [0, 0.05) is 23.4 Å². The van der Waals surface area contributed by atoms with Crippen LogP contribution in [0.3, 0.4) is 0 Å². The van der Waals surface area contributed by atoms with Crippen molar-refractivity contribution < 1.29 is 28.2 Å². The smallest absolute Gasteiger partial charge is 0.311 e. The first-order valence-corrected chi connectivity index (χ1v) is 9.27. The Balaban J connectivity index is 2.15. The van der Waals surface area contributed by atoms with Gasteiger partial charge < -0.3 is 9.84 Å². The van der Waals surface area contributed by atoms with Crippen LogP contribution in [0, 0.1) is 24.5 Å². The third-order valence-electron chi connectivity index (χ3n) is 4.92. The molecule has 1 heterocycles. The molecule has 7 heteroatoms. The van der Waals surface area contributed by atoms with Crippen molar-refractivity contribution in [1.82, 2.24) is 4.57 Å². The van der Waals surface area contributed by atoms with Crippen LogP contribution >= 0.6 is 0 Å². The lowest BCUT2D eigenvalue weighted by Gasteiger charge is -2.09. The molecule has 1 aromatic heterocycles. The van der Waals surface area contributed by atoms with Crippen LogP contribution in [0.1, 0.15) is 42.7 Å². The maximum absolute atomic E-state index is 14.0. The van der Waals surface area contributed by atoms with Gasteiger partial charge in [-0.25, -0.2) is 8.78 Å². The Morgan fingerprint density at radius 1 is 1.21 bits per heavy atom. The molecule has 1 unspecified atom stereocenters. The number of hydrogen-bond donors (Lipinski definition) is 1. The molecular formula is C22H21F2NO4. The summed E-state index contributed by atoms with van der Waals surface area (Å²) in [5, 5.41) is 10.0. The van der Waals surface area contributed by atoms with Gasteiger partial charge in [-0.1, -0.05) is 26.3 Å². The Kier molecular flexibility index (Phi) is 5.68. The van der Waals surface area contributed by atoms with Crippen LogP contribution in [-0.2, 0) is 4.79 Å². The predicted octanol–water partition coefficient (Wildman–Crippen LogP) is 4.96. The molecule has 0 aliphatic carbocycles. The molecule has 0 aliphatic heterocycles. The first kappa shape index (κ1) is 20.5. The van der Waals surface area contributed by atoms with E-state index in [4.69, 9.17) is 4.74 Å². The normalized spacial score (nSPS) is 12.2. The summed E-state index contributed by atoms with van der Waals surface area (Å²) in [4.78, 5) is 25.3. The lowest BCUT2D eigenvalue weighted by atomic mass is 10.1. The van der Waals surface area contributed by atoms with E-state index in [1.807, 2.05) is 13.8 Å². The second kappa shape index (κ2) is 8.03. The number of halogens is 2. The monoisotopic (exact) mass is 401 g/mol. The van der Waals surface area contributed by atoms with Gasteiger partial charge in [-0.3, -0.25) is 14.2 Å². The highest BCUT2D eigenvalue weighted by molar-refractivity contribution is 6.05. The lowest BCUT2D eigenvalue weighted by molar-refractivity contribution is -0.135. The number of phenols is 1. The molecule has 5 nitrogen and oxygen atoms in total. The van der Waals surface area contributed by atoms with E-state index in [9.17, 15) is 23.5 Å². The van der Waals surface area contributed by atoms with Crippen molar-refractivity contribution in [3.8, 4) is 11.5 Å². The molecule has 0 bridgehead atoms. The van der Waals surface area contributed by atoms with Crippen LogP contribution in [0.5, 0.6) is 11.5 Å². The van der Waals surface area contributed by atoms with Crippen molar-refractivity contribution in [1.29, 1.82) is 0 Å². The molecule has 0 amide bonds. The number of carbonyl (C=O) groups is 2. The molecule has 0 radical (unpaired) electrons. The number of fused-ring (bicyclic) bond motifs is 1. The van der Waals surface area contributed by atoms with Crippen LogP contribution < -0.4 is 4.74 Å². The van der Waals surface area contributed by atoms with Crippen LogP contribution in [0.15, 0.2) is 36.4 Å². The molecule has 0 spiro atoms. The van der Waals surface area contributed by atoms with Gasteiger partial charge in [0.25, 0.3) is 5.91 Å². The minimum absolute atomic E-state index is 0.0518. The second-order valence-electron chi connectivity index (χ2n) is 7.08. The number of aromatic nitrogens is 1. The van der Waals surface area contributed by atoms with E-state index in [0.29, 0.717) is 0 Å². The minimum Gasteiger partial charge on any atom is -0.505 e. The molecular weight excluding hydrogens is 380 g/mol. The first-order valence-electron chi connectivity index (χ1n) is 9.27. The van der Waals surface area contributed by atoms with Crippen molar-refractivity contribution in [3.05, 3.63) is 59.3 Å². The number of benzene rings is 2. The summed E-state index contributed by atoms with van der Waals surface area (Å²) in [6.07, 6.45) is 0.966. The Hall–Kier alpha value is -3.22. The first-order chi connectivity index (χ1) is 13.7. The van der Waals surface area contributed by atoms with Crippen molar-refractivity contribution in [2.75, 3.05) is 0 Å². The van der Waals surface area contributed by atoms with Crippen LogP contribution in [-0.4, -0.2) is 21.6 Å². The average Bonchev–Trinajstić information content (AvgIpc) is 2.92. The summed E-state index contributed by atoms with van der Waals surface area (Å²) in [6.45, 7) is 5.40. The fourth-order valence-corrected chi connectivity index (χ4v) is 3.12. The summed E-state index contributed by atoms with van der Waals surface area (Å²) >= 11 is 0. The number of phenolic OH excluding ortho intramolecular Hbond substituents is 1. The zero-order valence-corrected chi connectivity index (χ0v) is 16.3. The maximum Gasteiger partial charge on any atom is 0.311 e. The van der Waals surface area contributed by atoms with E-state index < -0.39 is 29.3 Å². The van der Waals surface area contributed by atoms with E-state index in [1.165, 1.54) is 25.1 Å². The molecule has 2 aromatic carbocycles. The largest absolute Gasteiger partial charge is 0.505 e. The summed E-state index contributed by atoms with van der Waals surface area (Å²) in [5.74, 6) is -3.09. The Morgan fingerprint density at radius 2 is 1.93 bits per heavy atom. The summed E-state index contributed by atoms with van der Waals surface area (Å²) < 4.78 is 34.3. The molecule has 0 aliphatic rings.